The number of aliphatic imine (C=N–C) groups is 1. The third-order valence-electron chi connectivity index (χ3n) is 4.25. The van der Waals surface area contributed by atoms with Crippen LogP contribution in [0.15, 0.2) is 4.99 Å². The van der Waals surface area contributed by atoms with Crippen molar-refractivity contribution in [1.82, 2.24) is 30.7 Å². The molecule has 0 bridgehead atoms. The first kappa shape index (κ1) is 29.8. The van der Waals surface area contributed by atoms with Crippen LogP contribution in [-0.4, -0.2) is 63.6 Å². The third-order valence-corrected chi connectivity index (χ3v) is 4.95. The molecule has 180 valence electrons. The van der Waals surface area contributed by atoms with Crippen LogP contribution in [0, 0.1) is 6.92 Å². The monoisotopic (exact) mass is 569 g/mol. The van der Waals surface area contributed by atoms with E-state index >= 15 is 0 Å². The number of hydrogen-bond acceptors (Lipinski definition) is 6. The molecule has 0 aliphatic carbocycles. The van der Waals surface area contributed by atoms with Gasteiger partial charge in [0, 0.05) is 26.2 Å². The second-order valence-electron chi connectivity index (χ2n) is 8.17. The van der Waals surface area contributed by atoms with E-state index in [0.29, 0.717) is 19.0 Å². The highest BCUT2D eigenvalue weighted by atomic mass is 127. The number of ether oxygens (including phenoxy) is 1. The molecule has 0 spiro atoms. The number of halogens is 1. The first-order valence-corrected chi connectivity index (χ1v) is 11.9. The smallest absolute Gasteiger partial charge is 0.407 e. The van der Waals surface area contributed by atoms with Crippen molar-refractivity contribution in [3.63, 3.8) is 0 Å². The summed E-state index contributed by atoms with van der Waals surface area (Å²) in [6.45, 7) is 11.4. The van der Waals surface area contributed by atoms with E-state index in [4.69, 9.17) is 4.74 Å². The molecule has 1 rings (SSSR count). The molecule has 1 heterocycles. The molecule has 0 fully saturated rings. The standard InChI is InChI=1S/C20H39N7O2S.HI/c1-8-10-16(24-19(28)29-20(3,4)5)13-22-18(21-11-9-12-30-7)23-14-17-26-25-15(2)27(17)6;/h16H,8-14H2,1-7H3,(H,24,28)(H2,21,22,23);1H. The van der Waals surface area contributed by atoms with E-state index in [1.165, 1.54) is 0 Å². The van der Waals surface area contributed by atoms with Crippen molar-refractivity contribution in [3.05, 3.63) is 11.6 Å². The number of thioether (sulfide) groups is 1. The summed E-state index contributed by atoms with van der Waals surface area (Å²) in [7, 11) is 1.93. The van der Waals surface area contributed by atoms with Crippen molar-refractivity contribution >= 4 is 47.8 Å². The van der Waals surface area contributed by atoms with Crippen LogP contribution >= 0.6 is 35.7 Å². The lowest BCUT2D eigenvalue weighted by Gasteiger charge is -2.24. The zero-order chi connectivity index (χ0) is 22.6. The second-order valence-corrected chi connectivity index (χ2v) is 9.16. The summed E-state index contributed by atoms with van der Waals surface area (Å²) < 4.78 is 7.32. The lowest BCUT2D eigenvalue weighted by Crippen LogP contribution is -2.48. The fourth-order valence-corrected chi connectivity index (χ4v) is 3.04. The maximum absolute atomic E-state index is 12.2. The second kappa shape index (κ2) is 15.5. The van der Waals surface area contributed by atoms with Crippen molar-refractivity contribution in [2.45, 2.75) is 72.1 Å². The minimum atomic E-state index is -0.520. The number of hydrogen-bond donors (Lipinski definition) is 3. The quantitative estimate of drug-likeness (QED) is 0.163. The molecule has 31 heavy (non-hydrogen) atoms. The van der Waals surface area contributed by atoms with Gasteiger partial charge in [-0.3, -0.25) is 0 Å². The number of nitrogens with one attached hydrogen (secondary N) is 3. The van der Waals surface area contributed by atoms with Crippen LogP contribution in [0.25, 0.3) is 0 Å². The molecule has 0 saturated carbocycles. The van der Waals surface area contributed by atoms with Crippen LogP contribution < -0.4 is 16.0 Å². The highest BCUT2D eigenvalue weighted by Crippen LogP contribution is 2.07. The molecule has 0 saturated heterocycles. The summed E-state index contributed by atoms with van der Waals surface area (Å²) in [5.74, 6) is 3.44. The van der Waals surface area contributed by atoms with E-state index in [9.17, 15) is 4.79 Å². The number of alkyl carbamates (subject to hydrolysis) is 1. The number of rotatable bonds is 11. The predicted molar refractivity (Wildman–Crippen MR) is 139 cm³/mol. The highest BCUT2D eigenvalue weighted by molar-refractivity contribution is 14.0. The van der Waals surface area contributed by atoms with E-state index < -0.39 is 11.7 Å². The molecule has 3 N–H and O–H groups in total. The maximum Gasteiger partial charge on any atom is 0.407 e. The van der Waals surface area contributed by atoms with Gasteiger partial charge in [0.05, 0.1) is 0 Å². The Morgan fingerprint density at radius 3 is 2.55 bits per heavy atom. The van der Waals surface area contributed by atoms with Crippen LogP contribution in [0.2, 0.25) is 0 Å². The molecular weight excluding hydrogens is 529 g/mol. The molecule has 1 unspecified atom stereocenters. The predicted octanol–water partition coefficient (Wildman–Crippen LogP) is 3.22. The van der Waals surface area contributed by atoms with Crippen molar-refractivity contribution in [1.29, 1.82) is 0 Å². The molecule has 9 nitrogen and oxygen atoms in total. The minimum absolute atomic E-state index is 0. The number of aryl methyl sites for hydroxylation is 1. The van der Waals surface area contributed by atoms with Gasteiger partial charge in [0.2, 0.25) is 0 Å². The Bertz CT molecular complexity index is 677. The van der Waals surface area contributed by atoms with Crippen molar-refractivity contribution in [3.8, 4) is 0 Å². The van der Waals surface area contributed by atoms with Crippen LogP contribution in [0.1, 0.15) is 58.6 Å². The first-order valence-electron chi connectivity index (χ1n) is 10.5. The fourth-order valence-electron chi connectivity index (χ4n) is 2.60. The summed E-state index contributed by atoms with van der Waals surface area (Å²) in [6, 6.07) is -0.0554. The Morgan fingerprint density at radius 2 is 2.00 bits per heavy atom. The molecular formula is C20H40IN7O2S. The average Bonchev–Trinajstić information content (AvgIpc) is 2.97. The zero-order valence-corrected chi connectivity index (χ0v) is 23.1. The number of carbonyl (C=O) groups excluding carboxylic acids is 1. The number of amides is 1. The highest BCUT2D eigenvalue weighted by Gasteiger charge is 2.19. The number of nitrogens with zero attached hydrogens (tertiary/aromatic N) is 4. The number of guanidine groups is 1. The first-order chi connectivity index (χ1) is 14.2. The van der Waals surface area contributed by atoms with Gasteiger partial charge in [0.25, 0.3) is 0 Å². The van der Waals surface area contributed by atoms with Gasteiger partial charge in [-0.15, -0.1) is 34.2 Å². The van der Waals surface area contributed by atoms with Crippen molar-refractivity contribution in [2.24, 2.45) is 12.0 Å². The average molecular weight is 570 g/mol. The molecule has 1 aromatic heterocycles. The van der Waals surface area contributed by atoms with Gasteiger partial charge in [-0.05, 0) is 52.5 Å². The topological polar surface area (TPSA) is 105 Å². The van der Waals surface area contributed by atoms with Gasteiger partial charge in [-0.1, -0.05) is 13.3 Å². The summed E-state index contributed by atoms with van der Waals surface area (Å²) in [6.07, 6.45) is 4.53. The number of carbonyl (C=O) groups is 1. The van der Waals surface area contributed by atoms with Gasteiger partial charge in [-0.2, -0.15) is 11.8 Å². The SMILES string of the molecule is CCCC(CNC(=NCc1nnc(C)n1C)NCCCSC)NC(=O)OC(C)(C)C.I. The molecule has 1 atom stereocenters. The summed E-state index contributed by atoms with van der Waals surface area (Å²) in [4.78, 5) is 16.8. The third kappa shape index (κ3) is 13.0. The Kier molecular flexibility index (Phi) is 14.9. The lowest BCUT2D eigenvalue weighted by atomic mass is 10.1. The molecule has 0 aromatic carbocycles. The fraction of sp³-hybridized carbons (Fsp3) is 0.800. The van der Waals surface area contributed by atoms with Crippen LogP contribution in [0.3, 0.4) is 0 Å². The van der Waals surface area contributed by atoms with Crippen LogP contribution in [-0.2, 0) is 18.3 Å². The Labute approximate surface area is 208 Å². The van der Waals surface area contributed by atoms with E-state index in [1.807, 2.05) is 51.1 Å². The summed E-state index contributed by atoms with van der Waals surface area (Å²) in [5.41, 5.74) is -0.520. The lowest BCUT2D eigenvalue weighted by molar-refractivity contribution is 0.0502. The van der Waals surface area contributed by atoms with E-state index in [-0.39, 0.29) is 30.0 Å². The Balaban J connectivity index is 0.00000900. The maximum atomic E-state index is 12.2. The number of aromatic nitrogens is 3. The van der Waals surface area contributed by atoms with E-state index in [1.54, 1.807) is 0 Å². The molecule has 1 amide bonds. The van der Waals surface area contributed by atoms with Gasteiger partial charge >= 0.3 is 6.09 Å². The Hall–Kier alpha value is -1.24. The summed E-state index contributed by atoms with van der Waals surface area (Å²) >= 11 is 1.82. The van der Waals surface area contributed by atoms with Gasteiger partial charge in [0.1, 0.15) is 18.0 Å². The van der Waals surface area contributed by atoms with Gasteiger partial charge in [0.15, 0.2) is 11.8 Å². The normalized spacial score (nSPS) is 12.7. The molecule has 1 aromatic rings. The van der Waals surface area contributed by atoms with E-state index in [0.717, 1.165) is 43.2 Å². The molecule has 0 aliphatic heterocycles. The molecule has 0 radical (unpaired) electrons. The largest absolute Gasteiger partial charge is 0.444 e. The molecule has 0 aliphatic rings. The zero-order valence-electron chi connectivity index (χ0n) is 19.9. The summed E-state index contributed by atoms with van der Waals surface area (Å²) in [5, 5.41) is 17.9. The van der Waals surface area contributed by atoms with Gasteiger partial charge < -0.3 is 25.3 Å². The van der Waals surface area contributed by atoms with E-state index in [2.05, 4.69) is 44.3 Å². The van der Waals surface area contributed by atoms with Crippen LogP contribution in [0.4, 0.5) is 4.79 Å². The van der Waals surface area contributed by atoms with Crippen LogP contribution in [0.5, 0.6) is 0 Å². The Morgan fingerprint density at radius 1 is 1.29 bits per heavy atom. The van der Waals surface area contributed by atoms with Crippen molar-refractivity contribution in [2.75, 3.05) is 25.1 Å². The van der Waals surface area contributed by atoms with Crippen molar-refractivity contribution < 1.29 is 9.53 Å². The minimum Gasteiger partial charge on any atom is -0.444 e. The molecule has 11 heteroatoms. The van der Waals surface area contributed by atoms with Gasteiger partial charge in [-0.25, -0.2) is 9.79 Å².